The van der Waals surface area contributed by atoms with Crippen LogP contribution < -0.4 is 14.5 Å². The molecule has 1 aromatic heterocycles. The third kappa shape index (κ3) is 9.31. The molecule has 0 aliphatic heterocycles. The molecule has 56 heavy (non-hydrogen) atoms. The van der Waals surface area contributed by atoms with Crippen molar-refractivity contribution in [1.29, 1.82) is 0 Å². The Bertz CT molecular complexity index is 2350. The van der Waals surface area contributed by atoms with Gasteiger partial charge in [-0.15, -0.1) is 0 Å². The second-order valence-electron chi connectivity index (χ2n) is 13.8. The zero-order chi connectivity index (χ0) is 39.4. The van der Waals surface area contributed by atoms with Crippen molar-refractivity contribution in [2.45, 2.75) is 48.0 Å². The Morgan fingerprint density at radius 1 is 0.625 bits per heavy atom. The highest BCUT2D eigenvalue weighted by molar-refractivity contribution is 6.00. The molecule has 5 heteroatoms. The first-order valence-corrected chi connectivity index (χ1v) is 19.1. The van der Waals surface area contributed by atoms with E-state index in [9.17, 15) is 0 Å². The molecule has 1 heterocycles. The minimum atomic E-state index is 0.625. The van der Waals surface area contributed by atoms with Crippen LogP contribution in [-0.4, -0.2) is 10.7 Å². The number of nitrogens with zero attached hydrogens (tertiary/aromatic N) is 4. The van der Waals surface area contributed by atoms with E-state index >= 15 is 0 Å². The van der Waals surface area contributed by atoms with Crippen LogP contribution in [0.5, 0.6) is 5.88 Å². The van der Waals surface area contributed by atoms with Gasteiger partial charge in [-0.1, -0.05) is 85.8 Å². The number of aromatic nitrogens is 1. The van der Waals surface area contributed by atoms with E-state index in [0.717, 1.165) is 85.5 Å². The number of benzene rings is 5. The second-order valence-corrected chi connectivity index (χ2v) is 13.8. The third-order valence-corrected chi connectivity index (χ3v) is 9.59. The van der Waals surface area contributed by atoms with Crippen molar-refractivity contribution in [2.75, 3.05) is 9.80 Å². The van der Waals surface area contributed by atoms with E-state index in [2.05, 4.69) is 177 Å². The third-order valence-electron chi connectivity index (χ3n) is 9.59. The molecule has 0 aliphatic rings. The van der Waals surface area contributed by atoms with Gasteiger partial charge in [-0.3, -0.25) is 4.99 Å². The van der Waals surface area contributed by atoms with Crippen molar-refractivity contribution in [3.8, 4) is 5.88 Å². The number of rotatable bonds is 14. The van der Waals surface area contributed by atoms with Gasteiger partial charge in [0.2, 0.25) is 5.88 Å². The van der Waals surface area contributed by atoms with Crippen LogP contribution in [0.4, 0.5) is 34.1 Å². The number of allylic oxidation sites excluding steroid dienone is 5. The van der Waals surface area contributed by atoms with Gasteiger partial charge in [0.05, 0.1) is 5.70 Å². The summed E-state index contributed by atoms with van der Waals surface area (Å²) in [5.74, 6) is 1.46. The van der Waals surface area contributed by atoms with Crippen molar-refractivity contribution in [1.82, 2.24) is 4.98 Å². The van der Waals surface area contributed by atoms with E-state index in [0.29, 0.717) is 5.88 Å². The molecule has 0 saturated carbocycles. The molecule has 0 aliphatic carbocycles. The topological polar surface area (TPSA) is 41.0 Å². The Labute approximate surface area is 333 Å². The summed E-state index contributed by atoms with van der Waals surface area (Å²) in [7, 11) is 0. The van der Waals surface area contributed by atoms with Crippen LogP contribution >= 0.6 is 0 Å². The van der Waals surface area contributed by atoms with Crippen molar-refractivity contribution in [3.63, 3.8) is 0 Å². The maximum atomic E-state index is 6.45. The summed E-state index contributed by atoms with van der Waals surface area (Å²) >= 11 is 0. The monoisotopic (exact) mass is 734 g/mol. The fraction of sp³-hybridized carbons (Fsp3) is 0.137. The van der Waals surface area contributed by atoms with Gasteiger partial charge in [-0.05, 0) is 149 Å². The average Bonchev–Trinajstić information content (AvgIpc) is 3.23. The summed E-state index contributed by atoms with van der Waals surface area (Å²) in [6.07, 6.45) is 8.33. The van der Waals surface area contributed by atoms with Crippen molar-refractivity contribution >= 4 is 45.6 Å². The minimum absolute atomic E-state index is 0.625. The Morgan fingerprint density at radius 3 is 1.54 bits per heavy atom. The zero-order valence-corrected chi connectivity index (χ0v) is 33.3. The van der Waals surface area contributed by atoms with Crippen LogP contribution in [0.3, 0.4) is 0 Å². The highest BCUT2D eigenvalue weighted by atomic mass is 16.5. The summed E-state index contributed by atoms with van der Waals surface area (Å²) < 4.78 is 6.45. The van der Waals surface area contributed by atoms with Gasteiger partial charge in [-0.25, -0.2) is 4.98 Å². The number of ether oxygens (including phenoxy) is 1. The predicted molar refractivity (Wildman–Crippen MR) is 238 cm³/mol. The lowest BCUT2D eigenvalue weighted by atomic mass is 10.1. The Morgan fingerprint density at radius 2 is 1.09 bits per heavy atom. The number of aliphatic imine (C=N–C) groups is 1. The van der Waals surface area contributed by atoms with Gasteiger partial charge in [0.1, 0.15) is 5.76 Å². The molecule has 5 aromatic carbocycles. The summed E-state index contributed by atoms with van der Waals surface area (Å²) in [6, 6.07) is 50.9. The van der Waals surface area contributed by atoms with Crippen molar-refractivity contribution in [2.24, 2.45) is 4.99 Å². The Hall–Kier alpha value is -6.72. The predicted octanol–water partition coefficient (Wildman–Crippen LogP) is 14.4. The molecule has 0 radical (unpaired) electrons. The van der Waals surface area contributed by atoms with Crippen molar-refractivity contribution in [3.05, 3.63) is 210 Å². The molecule has 6 rings (SSSR count). The fourth-order valence-corrected chi connectivity index (χ4v) is 6.36. The summed E-state index contributed by atoms with van der Waals surface area (Å²) in [4.78, 5) is 14.0. The quantitative estimate of drug-likeness (QED) is 0.0635. The maximum Gasteiger partial charge on any atom is 0.222 e. The van der Waals surface area contributed by atoms with E-state index in [1.54, 1.807) is 12.3 Å². The minimum Gasteiger partial charge on any atom is -0.438 e. The molecule has 0 bridgehead atoms. The Balaban J connectivity index is 1.34. The van der Waals surface area contributed by atoms with Crippen LogP contribution in [0.2, 0.25) is 0 Å². The molecule has 0 N–H and O–H groups in total. The number of pyridine rings is 1. The first-order chi connectivity index (χ1) is 27.3. The largest absolute Gasteiger partial charge is 0.438 e. The van der Waals surface area contributed by atoms with Gasteiger partial charge in [0.25, 0.3) is 0 Å². The number of aryl methyl sites for hydroxylation is 1. The average molecular weight is 735 g/mol. The van der Waals surface area contributed by atoms with Gasteiger partial charge < -0.3 is 14.5 Å². The number of hydrogen-bond acceptors (Lipinski definition) is 5. The smallest absolute Gasteiger partial charge is 0.222 e. The first kappa shape index (κ1) is 39.0. The maximum absolute atomic E-state index is 6.45. The zero-order valence-electron chi connectivity index (χ0n) is 33.3. The molecule has 0 unspecified atom stereocenters. The highest BCUT2D eigenvalue weighted by Gasteiger charge is 2.18. The molecule has 0 amide bonds. The molecular formula is C51H50N4O. The van der Waals surface area contributed by atoms with Crippen LogP contribution in [0.25, 0.3) is 5.76 Å². The highest BCUT2D eigenvalue weighted by Crippen LogP contribution is 2.39. The Kier molecular flexibility index (Phi) is 12.9. The summed E-state index contributed by atoms with van der Waals surface area (Å²) in [5, 5.41) is 0. The lowest BCUT2D eigenvalue weighted by Gasteiger charge is -2.28. The standard InChI is InChI=1S/C51H50N4O/c1-8-10-23-49(37(3)4)53-40(7)41-24-28-45(29-25-41)54(43-19-13-11-14-20-43)47-32-34-48(35-33-47)55(44-21-15-12-16-22-44)46-30-26-42(27-31-46)50(38(5)9-2)56-51-39(6)18-17-36-52-51/h8,10-36H,1,9H2,2-7H3/b23-10-,50-38+,53-40?. The molecular weight excluding hydrogens is 685 g/mol. The van der Waals surface area contributed by atoms with Crippen LogP contribution in [0, 0.1) is 6.92 Å². The van der Waals surface area contributed by atoms with Gasteiger partial charge in [-0.2, -0.15) is 0 Å². The van der Waals surface area contributed by atoms with Crippen LogP contribution in [0.1, 0.15) is 57.7 Å². The SMILES string of the molecule is C=C/C=C\C(N=C(C)c1ccc(N(c2ccccc2)c2ccc(N(c3ccccc3)c3ccc(/C(Oc4ncccc4C)=C(/C)CC)cc3)cc2)cc1)=C(C)C. The van der Waals surface area contributed by atoms with E-state index in [-0.39, 0.29) is 0 Å². The molecule has 0 fully saturated rings. The fourth-order valence-electron chi connectivity index (χ4n) is 6.36. The van der Waals surface area contributed by atoms with E-state index in [1.807, 2.05) is 43.3 Å². The number of hydrogen-bond donors (Lipinski definition) is 0. The molecule has 280 valence electrons. The van der Waals surface area contributed by atoms with Crippen LogP contribution in [0.15, 0.2) is 198 Å². The van der Waals surface area contributed by atoms with Gasteiger partial charge in [0, 0.05) is 57.2 Å². The molecule has 0 saturated heterocycles. The van der Waals surface area contributed by atoms with Gasteiger partial charge in [0.15, 0.2) is 0 Å². The van der Waals surface area contributed by atoms with Crippen LogP contribution in [-0.2, 0) is 0 Å². The molecule has 0 atom stereocenters. The summed E-state index contributed by atoms with van der Waals surface area (Å²) in [6.45, 7) is 16.3. The number of para-hydroxylation sites is 2. The van der Waals surface area contributed by atoms with Gasteiger partial charge >= 0.3 is 0 Å². The molecule has 5 nitrogen and oxygen atoms in total. The second kappa shape index (κ2) is 18.5. The number of anilines is 6. The normalized spacial score (nSPS) is 11.9. The van der Waals surface area contributed by atoms with Crippen molar-refractivity contribution < 1.29 is 4.74 Å². The lowest BCUT2D eigenvalue weighted by Crippen LogP contribution is -2.12. The lowest BCUT2D eigenvalue weighted by molar-refractivity contribution is 0.483. The molecule has 0 spiro atoms. The summed E-state index contributed by atoms with van der Waals surface area (Å²) in [5.41, 5.74) is 13.6. The van der Waals surface area contributed by atoms with E-state index in [1.165, 1.54) is 0 Å². The van der Waals surface area contributed by atoms with E-state index < -0.39 is 0 Å². The first-order valence-electron chi connectivity index (χ1n) is 19.1. The van der Waals surface area contributed by atoms with E-state index in [4.69, 9.17) is 9.73 Å². The molecule has 6 aromatic rings.